The molecule has 0 heterocycles. The summed E-state index contributed by atoms with van der Waals surface area (Å²) in [7, 11) is 0. The van der Waals surface area contributed by atoms with Gasteiger partial charge in [0.1, 0.15) is 0 Å². The summed E-state index contributed by atoms with van der Waals surface area (Å²) in [5, 5.41) is 0. The Balaban J connectivity index is 2.77. The van der Waals surface area contributed by atoms with Crippen molar-refractivity contribution < 1.29 is 0 Å². The zero-order valence-electron chi connectivity index (χ0n) is 7.03. The molecule has 0 saturated carbocycles. The first-order chi connectivity index (χ1) is 4.91. The van der Waals surface area contributed by atoms with Gasteiger partial charge in [0.05, 0.1) is 0 Å². The van der Waals surface area contributed by atoms with Gasteiger partial charge in [-0.15, -0.1) is 0 Å². The fourth-order valence-corrected chi connectivity index (χ4v) is 0.921. The maximum Gasteiger partial charge on any atom is -0.0345 e. The van der Waals surface area contributed by atoms with E-state index in [4.69, 9.17) is 0 Å². The molecule has 0 nitrogen and oxygen atoms in total. The van der Waals surface area contributed by atoms with Gasteiger partial charge in [0.15, 0.2) is 0 Å². The van der Waals surface area contributed by atoms with Crippen molar-refractivity contribution in [3.63, 3.8) is 0 Å². The first-order valence-electron chi connectivity index (χ1n) is 4.20. The minimum atomic E-state index is 1.09. The Hall–Kier alpha value is -0.260. The van der Waals surface area contributed by atoms with Crippen LogP contribution in [0.3, 0.4) is 0 Å². The fraction of sp³-hybridized carbons (Fsp3) is 0.700. The van der Waals surface area contributed by atoms with Crippen LogP contribution in [-0.2, 0) is 0 Å². The van der Waals surface area contributed by atoms with E-state index in [-0.39, 0.29) is 0 Å². The van der Waals surface area contributed by atoms with Crippen LogP contribution in [-0.4, -0.2) is 0 Å². The predicted octanol–water partition coefficient (Wildman–Crippen LogP) is 3.54. The summed E-state index contributed by atoms with van der Waals surface area (Å²) >= 11 is 0. The van der Waals surface area contributed by atoms with Gasteiger partial charge < -0.3 is 0 Å². The topological polar surface area (TPSA) is 0 Å². The molecule has 0 aliphatic rings. The van der Waals surface area contributed by atoms with E-state index in [0.717, 1.165) is 6.42 Å². The van der Waals surface area contributed by atoms with Gasteiger partial charge in [0.2, 0.25) is 0 Å². The van der Waals surface area contributed by atoms with Crippen LogP contribution in [0.2, 0.25) is 0 Å². The van der Waals surface area contributed by atoms with Gasteiger partial charge in [0.25, 0.3) is 0 Å². The Morgan fingerprint density at radius 3 is 2.50 bits per heavy atom. The molecule has 0 saturated heterocycles. The van der Waals surface area contributed by atoms with E-state index < -0.39 is 0 Å². The zero-order chi connectivity index (χ0) is 7.66. The van der Waals surface area contributed by atoms with Crippen LogP contribution in [0, 0.1) is 13.0 Å². The standard InChI is InChI=1S/C10H18/c1-3-5-7-9-10-8-6-4-2/h6H,1,3,5,7-10H2,2H3. The van der Waals surface area contributed by atoms with Gasteiger partial charge in [-0.2, -0.15) is 0 Å². The molecule has 0 aliphatic carbocycles. The van der Waals surface area contributed by atoms with Crippen LogP contribution >= 0.6 is 0 Å². The van der Waals surface area contributed by atoms with E-state index in [1.54, 1.807) is 0 Å². The normalized spacial score (nSPS) is 11.0. The highest BCUT2D eigenvalue weighted by Crippen LogP contribution is 2.04. The van der Waals surface area contributed by atoms with E-state index in [1.165, 1.54) is 32.1 Å². The molecule has 0 spiro atoms. The van der Waals surface area contributed by atoms with E-state index in [9.17, 15) is 0 Å². The summed E-state index contributed by atoms with van der Waals surface area (Å²) in [4.78, 5) is 0. The average molecular weight is 138 g/mol. The first-order valence-corrected chi connectivity index (χ1v) is 4.20. The summed E-state index contributed by atoms with van der Waals surface area (Å²) in [5.41, 5.74) is 0. The Bertz CT molecular complexity index is 72.1. The first kappa shape index (κ1) is 9.74. The number of allylic oxidation sites excluding steroid dienone is 2. The number of hydrogen-bond donors (Lipinski definition) is 0. The van der Waals surface area contributed by atoms with Crippen molar-refractivity contribution in [1.29, 1.82) is 0 Å². The van der Waals surface area contributed by atoms with Crippen molar-refractivity contribution >= 4 is 0 Å². The molecule has 0 rings (SSSR count). The molecule has 2 radical (unpaired) electrons. The molecule has 0 fully saturated rings. The summed E-state index contributed by atoms with van der Waals surface area (Å²) in [6.07, 6.45) is 12.7. The highest BCUT2D eigenvalue weighted by atomic mass is 13.9. The minimum absolute atomic E-state index is 1.09. The Morgan fingerprint density at radius 2 is 1.90 bits per heavy atom. The lowest BCUT2D eigenvalue weighted by Crippen LogP contribution is -1.75. The molecule has 0 N–H and O–H groups in total. The van der Waals surface area contributed by atoms with Gasteiger partial charge in [-0.25, -0.2) is 0 Å². The van der Waals surface area contributed by atoms with E-state index in [0.29, 0.717) is 0 Å². The molecule has 58 valence electrons. The quantitative estimate of drug-likeness (QED) is 0.492. The third-order valence-corrected chi connectivity index (χ3v) is 1.55. The molecule has 10 heavy (non-hydrogen) atoms. The lowest BCUT2D eigenvalue weighted by atomic mass is 10.1. The van der Waals surface area contributed by atoms with Gasteiger partial charge >= 0.3 is 0 Å². The summed E-state index contributed by atoms with van der Waals surface area (Å²) in [5.74, 6) is 0. The smallest absolute Gasteiger partial charge is 0.0345 e. The number of rotatable bonds is 6. The van der Waals surface area contributed by atoms with Gasteiger partial charge in [-0.3, -0.25) is 0 Å². The van der Waals surface area contributed by atoms with Crippen LogP contribution in [0.4, 0.5) is 0 Å². The number of unbranched alkanes of at least 4 members (excludes halogenated alkanes) is 5. The van der Waals surface area contributed by atoms with Crippen LogP contribution in [0.1, 0.15) is 45.4 Å². The van der Waals surface area contributed by atoms with Crippen molar-refractivity contribution in [2.45, 2.75) is 45.4 Å². The second-order valence-corrected chi connectivity index (χ2v) is 2.55. The highest BCUT2D eigenvalue weighted by molar-refractivity contribution is 4.68. The molecule has 0 aliphatic heterocycles. The molecular weight excluding hydrogens is 120 g/mol. The van der Waals surface area contributed by atoms with Crippen molar-refractivity contribution in [1.82, 2.24) is 0 Å². The van der Waals surface area contributed by atoms with Crippen LogP contribution in [0.5, 0.6) is 0 Å². The van der Waals surface area contributed by atoms with Gasteiger partial charge in [-0.1, -0.05) is 44.8 Å². The number of hydrogen-bond acceptors (Lipinski definition) is 0. The Kier molecular flexibility index (Phi) is 8.51. The van der Waals surface area contributed by atoms with E-state index in [1.807, 2.05) is 6.92 Å². The minimum Gasteiger partial charge on any atom is -0.0813 e. The predicted molar refractivity (Wildman–Crippen MR) is 46.5 cm³/mol. The molecular formula is C10H18. The summed E-state index contributed by atoms with van der Waals surface area (Å²) in [6, 6.07) is 0. The molecule has 0 unspecified atom stereocenters. The summed E-state index contributed by atoms with van der Waals surface area (Å²) < 4.78 is 0. The maximum atomic E-state index is 3.80. The zero-order valence-corrected chi connectivity index (χ0v) is 7.03. The van der Waals surface area contributed by atoms with E-state index in [2.05, 4.69) is 19.1 Å². The monoisotopic (exact) mass is 138 g/mol. The van der Waals surface area contributed by atoms with Gasteiger partial charge in [-0.05, 0) is 19.8 Å². The Labute approximate surface area is 65.3 Å². The SMILES string of the molecule is [CH2]CCCCCC/C=[C]/C. The third kappa shape index (κ3) is 7.74. The van der Waals surface area contributed by atoms with Crippen LogP contribution in [0.15, 0.2) is 6.08 Å². The Morgan fingerprint density at radius 1 is 1.20 bits per heavy atom. The third-order valence-electron chi connectivity index (χ3n) is 1.55. The van der Waals surface area contributed by atoms with Crippen molar-refractivity contribution in [3.8, 4) is 0 Å². The lowest BCUT2D eigenvalue weighted by molar-refractivity contribution is 0.651. The molecule has 0 heteroatoms. The van der Waals surface area contributed by atoms with Crippen LogP contribution in [0.25, 0.3) is 0 Å². The molecule has 0 atom stereocenters. The van der Waals surface area contributed by atoms with Crippen molar-refractivity contribution in [2.75, 3.05) is 0 Å². The molecule has 0 aromatic carbocycles. The average Bonchev–Trinajstić information content (AvgIpc) is 1.97. The van der Waals surface area contributed by atoms with Crippen molar-refractivity contribution in [3.05, 3.63) is 19.1 Å². The second-order valence-electron chi connectivity index (χ2n) is 2.55. The summed E-state index contributed by atoms with van der Waals surface area (Å²) in [6.45, 7) is 5.75. The highest BCUT2D eigenvalue weighted by Gasteiger charge is 1.85. The molecule has 0 amide bonds. The van der Waals surface area contributed by atoms with Crippen molar-refractivity contribution in [2.24, 2.45) is 0 Å². The molecule has 0 aromatic heterocycles. The molecule has 0 bridgehead atoms. The van der Waals surface area contributed by atoms with Crippen LogP contribution < -0.4 is 0 Å². The maximum absolute atomic E-state index is 3.80. The van der Waals surface area contributed by atoms with E-state index >= 15 is 0 Å². The molecule has 0 aromatic rings. The lowest BCUT2D eigenvalue weighted by Gasteiger charge is -1.94. The second kappa shape index (κ2) is 8.74. The largest absolute Gasteiger partial charge is 0.0813 e. The fourth-order valence-electron chi connectivity index (χ4n) is 0.921. The van der Waals surface area contributed by atoms with Gasteiger partial charge in [0, 0.05) is 0 Å².